The quantitative estimate of drug-likeness (QED) is 0.765. The van der Waals surface area contributed by atoms with Crippen molar-refractivity contribution in [3.8, 4) is 5.69 Å². The zero-order valence-corrected chi connectivity index (χ0v) is 13.2. The molecule has 0 saturated heterocycles. The second-order valence-electron chi connectivity index (χ2n) is 4.84. The van der Waals surface area contributed by atoms with Crippen LogP contribution >= 0.6 is 23.2 Å². The highest BCUT2D eigenvalue weighted by atomic mass is 35.5. The molecule has 1 aromatic carbocycles. The van der Waals surface area contributed by atoms with Gasteiger partial charge in [0.05, 0.1) is 33.4 Å². The van der Waals surface area contributed by atoms with Gasteiger partial charge >= 0.3 is 0 Å². The minimum atomic E-state index is -0.477. The topological polar surface area (TPSA) is 75.9 Å². The summed E-state index contributed by atoms with van der Waals surface area (Å²) in [6.45, 7) is 2.09. The fourth-order valence-electron chi connectivity index (χ4n) is 2.04. The van der Waals surface area contributed by atoms with Crippen LogP contribution in [-0.4, -0.2) is 37.5 Å². The monoisotopic (exact) mass is 337 g/mol. The number of halogens is 2. The van der Waals surface area contributed by atoms with Crippen LogP contribution in [0.1, 0.15) is 6.92 Å². The summed E-state index contributed by atoms with van der Waals surface area (Å²) in [6, 6.07) is 5.24. The molecule has 2 heterocycles. The van der Waals surface area contributed by atoms with Crippen molar-refractivity contribution in [1.82, 2.24) is 19.7 Å². The van der Waals surface area contributed by atoms with Gasteiger partial charge in [-0.05, 0) is 25.1 Å². The molecule has 0 radical (unpaired) electrons. The number of nitrogens with one attached hydrogen (secondary N) is 1. The summed E-state index contributed by atoms with van der Waals surface area (Å²) >= 11 is 12.0. The number of hydrogen-bond acceptors (Lipinski definition) is 5. The Kier molecular flexibility index (Phi) is 4.15. The zero-order chi connectivity index (χ0) is 15.7. The standard InChI is InChI=1S/C14H13Cl2N5O/c1-8(22)5-17-13-10-6-20-21(14(10)19-7-18-13)9-2-3-11(15)12(16)4-9/h2-4,6-8,22H,5H2,1H3,(H,17,18,19). The Balaban J connectivity index is 2.05. The van der Waals surface area contributed by atoms with E-state index in [0.29, 0.717) is 28.1 Å². The van der Waals surface area contributed by atoms with Crippen molar-refractivity contribution in [3.05, 3.63) is 40.8 Å². The number of benzene rings is 1. The molecule has 0 fully saturated rings. The molecule has 1 unspecified atom stereocenters. The van der Waals surface area contributed by atoms with Crippen molar-refractivity contribution < 1.29 is 5.11 Å². The number of rotatable bonds is 4. The van der Waals surface area contributed by atoms with E-state index in [1.165, 1.54) is 6.33 Å². The van der Waals surface area contributed by atoms with Crippen LogP contribution in [0.15, 0.2) is 30.7 Å². The van der Waals surface area contributed by atoms with Gasteiger partial charge in [0.2, 0.25) is 0 Å². The highest BCUT2D eigenvalue weighted by molar-refractivity contribution is 6.42. The molecular weight excluding hydrogens is 325 g/mol. The third-order valence-electron chi connectivity index (χ3n) is 3.08. The minimum Gasteiger partial charge on any atom is -0.392 e. The Morgan fingerprint density at radius 3 is 2.82 bits per heavy atom. The molecule has 114 valence electrons. The van der Waals surface area contributed by atoms with Crippen molar-refractivity contribution in [1.29, 1.82) is 0 Å². The lowest BCUT2D eigenvalue weighted by atomic mass is 10.3. The Bertz CT molecular complexity index is 818. The maximum atomic E-state index is 9.37. The first kappa shape index (κ1) is 15.0. The van der Waals surface area contributed by atoms with Gasteiger partial charge in [-0.1, -0.05) is 23.2 Å². The molecule has 1 atom stereocenters. The summed E-state index contributed by atoms with van der Waals surface area (Å²) in [6.07, 6.45) is 2.64. The molecule has 8 heteroatoms. The number of aliphatic hydroxyl groups is 1. The number of aromatic nitrogens is 4. The molecule has 0 spiro atoms. The number of aliphatic hydroxyl groups excluding tert-OH is 1. The van der Waals surface area contributed by atoms with E-state index in [1.54, 1.807) is 29.9 Å². The maximum absolute atomic E-state index is 9.37. The molecule has 0 bridgehead atoms. The summed E-state index contributed by atoms with van der Waals surface area (Å²) in [4.78, 5) is 8.45. The molecule has 3 rings (SSSR count). The van der Waals surface area contributed by atoms with Gasteiger partial charge in [0.1, 0.15) is 12.1 Å². The molecule has 0 aliphatic heterocycles. The smallest absolute Gasteiger partial charge is 0.168 e. The Morgan fingerprint density at radius 1 is 1.27 bits per heavy atom. The van der Waals surface area contributed by atoms with Crippen molar-refractivity contribution >= 4 is 40.1 Å². The molecule has 3 aromatic rings. The summed E-state index contributed by atoms with van der Waals surface area (Å²) in [5.74, 6) is 0.622. The van der Waals surface area contributed by atoms with Crippen LogP contribution in [0.2, 0.25) is 10.0 Å². The number of anilines is 1. The molecular formula is C14H13Cl2N5O. The first-order valence-corrected chi connectivity index (χ1v) is 7.38. The van der Waals surface area contributed by atoms with Crippen LogP contribution < -0.4 is 5.32 Å². The molecule has 0 aliphatic rings. The van der Waals surface area contributed by atoms with Crippen LogP contribution in [-0.2, 0) is 0 Å². The van der Waals surface area contributed by atoms with Crippen LogP contribution in [0, 0.1) is 0 Å². The molecule has 6 nitrogen and oxygen atoms in total. The lowest BCUT2D eigenvalue weighted by Crippen LogP contribution is -2.16. The summed E-state index contributed by atoms with van der Waals surface area (Å²) in [7, 11) is 0. The van der Waals surface area contributed by atoms with Crippen LogP contribution in [0.4, 0.5) is 5.82 Å². The molecule has 22 heavy (non-hydrogen) atoms. The van der Waals surface area contributed by atoms with Gasteiger partial charge in [0.15, 0.2) is 5.65 Å². The molecule has 2 aromatic heterocycles. The van der Waals surface area contributed by atoms with Crippen LogP contribution in [0.25, 0.3) is 16.7 Å². The minimum absolute atomic E-state index is 0.393. The van der Waals surface area contributed by atoms with Gasteiger partial charge in [-0.2, -0.15) is 5.10 Å². The van der Waals surface area contributed by atoms with Crippen LogP contribution in [0.3, 0.4) is 0 Å². The third-order valence-corrected chi connectivity index (χ3v) is 3.82. The summed E-state index contributed by atoms with van der Waals surface area (Å²) in [5.41, 5.74) is 1.39. The average molecular weight is 338 g/mol. The normalized spacial score (nSPS) is 12.5. The van der Waals surface area contributed by atoms with Gasteiger partial charge in [-0.25, -0.2) is 14.6 Å². The van der Waals surface area contributed by atoms with Crippen molar-refractivity contribution in [2.75, 3.05) is 11.9 Å². The number of nitrogens with zero attached hydrogens (tertiary/aromatic N) is 4. The van der Waals surface area contributed by atoms with E-state index in [0.717, 1.165) is 11.1 Å². The van der Waals surface area contributed by atoms with Gasteiger partial charge in [0.25, 0.3) is 0 Å². The van der Waals surface area contributed by atoms with Gasteiger partial charge < -0.3 is 10.4 Å². The maximum Gasteiger partial charge on any atom is 0.168 e. The van der Waals surface area contributed by atoms with E-state index >= 15 is 0 Å². The zero-order valence-electron chi connectivity index (χ0n) is 11.7. The molecule has 0 amide bonds. The molecule has 0 saturated carbocycles. The fraction of sp³-hybridized carbons (Fsp3) is 0.214. The third kappa shape index (κ3) is 2.85. The summed E-state index contributed by atoms with van der Waals surface area (Å²) in [5, 5.41) is 18.5. The Labute approximate surface area is 136 Å². The first-order chi connectivity index (χ1) is 10.6. The SMILES string of the molecule is CC(O)CNc1ncnc2c1cnn2-c1ccc(Cl)c(Cl)c1. The Morgan fingerprint density at radius 2 is 2.09 bits per heavy atom. The van der Waals surface area contributed by atoms with E-state index in [9.17, 15) is 5.11 Å². The van der Waals surface area contributed by atoms with Crippen molar-refractivity contribution in [2.45, 2.75) is 13.0 Å². The highest BCUT2D eigenvalue weighted by Crippen LogP contribution is 2.27. The molecule has 2 N–H and O–H groups in total. The predicted molar refractivity (Wildman–Crippen MR) is 86.9 cm³/mol. The molecule has 0 aliphatic carbocycles. The predicted octanol–water partition coefficient (Wildman–Crippen LogP) is 2.92. The van der Waals surface area contributed by atoms with Crippen LogP contribution in [0.5, 0.6) is 0 Å². The second kappa shape index (κ2) is 6.08. The van der Waals surface area contributed by atoms with E-state index < -0.39 is 6.10 Å². The highest BCUT2D eigenvalue weighted by Gasteiger charge is 2.12. The second-order valence-corrected chi connectivity index (χ2v) is 5.66. The largest absolute Gasteiger partial charge is 0.392 e. The lowest BCUT2D eigenvalue weighted by Gasteiger charge is -2.08. The number of hydrogen-bond donors (Lipinski definition) is 2. The van der Waals surface area contributed by atoms with E-state index in [-0.39, 0.29) is 0 Å². The van der Waals surface area contributed by atoms with Gasteiger partial charge in [0, 0.05) is 6.54 Å². The van der Waals surface area contributed by atoms with E-state index in [4.69, 9.17) is 23.2 Å². The van der Waals surface area contributed by atoms with E-state index in [1.807, 2.05) is 6.07 Å². The Hall–Kier alpha value is -1.89. The number of fused-ring (bicyclic) bond motifs is 1. The van der Waals surface area contributed by atoms with Gasteiger partial charge in [-0.15, -0.1) is 0 Å². The van der Waals surface area contributed by atoms with E-state index in [2.05, 4.69) is 20.4 Å². The summed E-state index contributed by atoms with van der Waals surface area (Å²) < 4.78 is 1.66. The van der Waals surface area contributed by atoms with Crippen molar-refractivity contribution in [2.24, 2.45) is 0 Å². The average Bonchev–Trinajstić information content (AvgIpc) is 2.92. The van der Waals surface area contributed by atoms with Crippen molar-refractivity contribution in [3.63, 3.8) is 0 Å². The first-order valence-electron chi connectivity index (χ1n) is 6.62. The lowest BCUT2D eigenvalue weighted by molar-refractivity contribution is 0.208. The van der Waals surface area contributed by atoms with Gasteiger partial charge in [-0.3, -0.25) is 0 Å². The fourth-order valence-corrected chi connectivity index (χ4v) is 2.33.